The van der Waals surface area contributed by atoms with E-state index in [1.54, 1.807) is 0 Å². The van der Waals surface area contributed by atoms with Gasteiger partial charge < -0.3 is 9.47 Å². The summed E-state index contributed by atoms with van der Waals surface area (Å²) in [7, 11) is 0. The maximum absolute atomic E-state index is 11.9. The Balaban J connectivity index is 2.33. The topological polar surface area (TPSA) is 52.6 Å². The average molecular weight is 238 g/mol. The van der Waals surface area contributed by atoms with E-state index in [0.29, 0.717) is 0 Å². The van der Waals surface area contributed by atoms with Crippen LogP contribution in [0.25, 0.3) is 0 Å². The van der Waals surface area contributed by atoms with Gasteiger partial charge in [-0.1, -0.05) is 33.3 Å². The predicted molar refractivity (Wildman–Crippen MR) is 61.1 cm³/mol. The van der Waals surface area contributed by atoms with Gasteiger partial charge in [0, 0.05) is 5.57 Å². The summed E-state index contributed by atoms with van der Waals surface area (Å²) >= 11 is 0. The third-order valence-electron chi connectivity index (χ3n) is 3.60. The number of hydrogen-bond donors (Lipinski definition) is 0. The summed E-state index contributed by atoms with van der Waals surface area (Å²) in [5, 5.41) is 0. The zero-order valence-corrected chi connectivity index (χ0v) is 10.3. The molecule has 2 rings (SSSR count). The Hall–Kier alpha value is -1.32. The molecule has 0 bridgehead atoms. The SMILES string of the molecule is C=C1C(=O)O[C@H]2[C@@H]1C(=O)OC2(CCC)CCC. The van der Waals surface area contributed by atoms with E-state index in [2.05, 4.69) is 6.58 Å². The number of rotatable bonds is 4. The van der Waals surface area contributed by atoms with E-state index in [-0.39, 0.29) is 11.5 Å². The largest absolute Gasteiger partial charge is 0.454 e. The molecule has 4 nitrogen and oxygen atoms in total. The fourth-order valence-electron chi connectivity index (χ4n) is 2.93. The molecule has 0 unspecified atom stereocenters. The van der Waals surface area contributed by atoms with Crippen LogP contribution in [0.15, 0.2) is 12.2 Å². The Kier molecular flexibility index (Phi) is 2.98. The van der Waals surface area contributed by atoms with Crippen LogP contribution in [0.4, 0.5) is 0 Å². The molecule has 0 spiro atoms. The lowest BCUT2D eigenvalue weighted by molar-refractivity contribution is -0.162. The van der Waals surface area contributed by atoms with Crippen molar-refractivity contribution >= 4 is 11.9 Å². The van der Waals surface area contributed by atoms with Gasteiger partial charge in [0.2, 0.25) is 0 Å². The summed E-state index contributed by atoms with van der Waals surface area (Å²) < 4.78 is 10.8. The minimum absolute atomic E-state index is 0.245. The molecule has 0 radical (unpaired) electrons. The molecule has 0 aromatic heterocycles. The van der Waals surface area contributed by atoms with Gasteiger partial charge in [0.05, 0.1) is 0 Å². The van der Waals surface area contributed by atoms with Crippen molar-refractivity contribution in [3.63, 3.8) is 0 Å². The molecule has 0 amide bonds. The Morgan fingerprint density at radius 3 is 2.35 bits per heavy atom. The normalized spacial score (nSPS) is 30.1. The van der Waals surface area contributed by atoms with Crippen molar-refractivity contribution in [2.75, 3.05) is 0 Å². The van der Waals surface area contributed by atoms with E-state index < -0.39 is 23.6 Å². The van der Waals surface area contributed by atoms with Crippen molar-refractivity contribution in [3.8, 4) is 0 Å². The molecular formula is C13H18O4. The van der Waals surface area contributed by atoms with Crippen molar-refractivity contribution in [1.29, 1.82) is 0 Å². The fourth-order valence-corrected chi connectivity index (χ4v) is 2.93. The zero-order valence-electron chi connectivity index (χ0n) is 10.3. The van der Waals surface area contributed by atoms with E-state index >= 15 is 0 Å². The van der Waals surface area contributed by atoms with Gasteiger partial charge in [-0.15, -0.1) is 0 Å². The third-order valence-corrected chi connectivity index (χ3v) is 3.60. The van der Waals surface area contributed by atoms with E-state index in [1.165, 1.54) is 0 Å². The lowest BCUT2D eigenvalue weighted by Gasteiger charge is -2.31. The van der Waals surface area contributed by atoms with Crippen molar-refractivity contribution in [1.82, 2.24) is 0 Å². The number of cyclic esters (lactones) is 1. The van der Waals surface area contributed by atoms with E-state index in [1.807, 2.05) is 13.8 Å². The van der Waals surface area contributed by atoms with Crippen molar-refractivity contribution < 1.29 is 19.1 Å². The van der Waals surface area contributed by atoms with Crippen molar-refractivity contribution in [2.45, 2.75) is 51.2 Å². The molecule has 4 heteroatoms. The summed E-state index contributed by atoms with van der Waals surface area (Å²) in [6.07, 6.45) is 2.78. The first-order valence-corrected chi connectivity index (χ1v) is 6.18. The minimum atomic E-state index is -0.625. The van der Waals surface area contributed by atoms with Gasteiger partial charge in [-0.2, -0.15) is 0 Å². The highest BCUT2D eigenvalue weighted by molar-refractivity contribution is 5.99. The first kappa shape index (κ1) is 12.1. The number of fused-ring (bicyclic) bond motifs is 1. The maximum Gasteiger partial charge on any atom is 0.334 e. The summed E-state index contributed by atoms with van der Waals surface area (Å²) in [5.41, 5.74) is -0.380. The Morgan fingerprint density at radius 2 is 1.82 bits per heavy atom. The average Bonchev–Trinajstić information content (AvgIpc) is 2.69. The Labute approximate surface area is 101 Å². The number of carbonyl (C=O) groups is 2. The highest BCUT2D eigenvalue weighted by atomic mass is 16.6. The first-order valence-electron chi connectivity index (χ1n) is 6.18. The van der Waals surface area contributed by atoms with Gasteiger partial charge in [0.1, 0.15) is 11.5 Å². The van der Waals surface area contributed by atoms with E-state index in [9.17, 15) is 9.59 Å². The molecule has 0 aliphatic carbocycles. The van der Waals surface area contributed by atoms with Crippen LogP contribution < -0.4 is 0 Å². The summed E-state index contributed by atoms with van der Waals surface area (Å²) in [5.74, 6) is -1.39. The summed E-state index contributed by atoms with van der Waals surface area (Å²) in [4.78, 5) is 23.4. The van der Waals surface area contributed by atoms with Crippen LogP contribution in [0, 0.1) is 5.92 Å². The molecule has 2 fully saturated rings. The second-order valence-electron chi connectivity index (χ2n) is 4.81. The maximum atomic E-state index is 11.9. The summed E-state index contributed by atoms with van der Waals surface area (Å²) in [6.45, 7) is 7.70. The molecule has 94 valence electrons. The van der Waals surface area contributed by atoms with Gasteiger partial charge in [-0.05, 0) is 12.8 Å². The second kappa shape index (κ2) is 4.17. The van der Waals surface area contributed by atoms with Crippen LogP contribution in [-0.2, 0) is 19.1 Å². The molecule has 0 aromatic rings. The predicted octanol–water partition coefficient (Wildman–Crippen LogP) is 1.98. The number of hydrogen-bond acceptors (Lipinski definition) is 4. The molecule has 0 aromatic carbocycles. The van der Waals surface area contributed by atoms with Crippen LogP contribution >= 0.6 is 0 Å². The molecule has 2 atom stereocenters. The number of ether oxygens (including phenoxy) is 2. The second-order valence-corrected chi connectivity index (χ2v) is 4.81. The van der Waals surface area contributed by atoms with Crippen molar-refractivity contribution in [2.24, 2.45) is 5.92 Å². The molecule has 2 aliphatic heterocycles. The van der Waals surface area contributed by atoms with E-state index in [0.717, 1.165) is 25.7 Å². The van der Waals surface area contributed by atoms with Gasteiger partial charge in [-0.3, -0.25) is 4.79 Å². The lowest BCUT2D eigenvalue weighted by atomic mass is 9.82. The molecule has 17 heavy (non-hydrogen) atoms. The highest BCUT2D eigenvalue weighted by Gasteiger charge is 2.62. The standard InChI is InChI=1S/C13H18O4/c1-4-6-13(7-5-2)10-9(12(15)17-13)8(3)11(14)16-10/h9-10H,3-7H2,1-2H3/t9-,10+/m1/s1. The Morgan fingerprint density at radius 1 is 1.24 bits per heavy atom. The van der Waals surface area contributed by atoms with Gasteiger partial charge in [0.15, 0.2) is 6.10 Å². The molecule has 0 saturated carbocycles. The zero-order chi connectivity index (χ0) is 12.6. The van der Waals surface area contributed by atoms with Crippen LogP contribution in [0.3, 0.4) is 0 Å². The number of carbonyl (C=O) groups excluding carboxylic acids is 2. The van der Waals surface area contributed by atoms with Crippen molar-refractivity contribution in [3.05, 3.63) is 12.2 Å². The van der Waals surface area contributed by atoms with Gasteiger partial charge >= 0.3 is 11.9 Å². The van der Waals surface area contributed by atoms with E-state index in [4.69, 9.17) is 9.47 Å². The highest BCUT2D eigenvalue weighted by Crippen LogP contribution is 2.47. The van der Waals surface area contributed by atoms with Crippen LogP contribution in [0.5, 0.6) is 0 Å². The molecule has 2 heterocycles. The third kappa shape index (κ3) is 1.66. The molecule has 0 N–H and O–H groups in total. The van der Waals surface area contributed by atoms with Gasteiger partial charge in [0.25, 0.3) is 0 Å². The fraction of sp³-hybridized carbons (Fsp3) is 0.692. The summed E-state index contributed by atoms with van der Waals surface area (Å²) in [6, 6.07) is 0. The number of esters is 2. The first-order chi connectivity index (χ1) is 8.05. The molecule has 2 saturated heterocycles. The van der Waals surface area contributed by atoms with Crippen LogP contribution in [0.1, 0.15) is 39.5 Å². The van der Waals surface area contributed by atoms with Crippen LogP contribution in [-0.4, -0.2) is 23.6 Å². The quantitative estimate of drug-likeness (QED) is 0.555. The van der Waals surface area contributed by atoms with Gasteiger partial charge in [-0.25, -0.2) is 4.79 Å². The van der Waals surface area contributed by atoms with Crippen LogP contribution in [0.2, 0.25) is 0 Å². The minimum Gasteiger partial charge on any atom is -0.454 e. The lowest BCUT2D eigenvalue weighted by Crippen LogP contribution is -2.41. The molecule has 2 aliphatic rings. The Bertz CT molecular complexity index is 366. The molecular weight excluding hydrogens is 220 g/mol. The monoisotopic (exact) mass is 238 g/mol. The smallest absolute Gasteiger partial charge is 0.334 e.